The monoisotopic (exact) mass is 352 g/mol. The van der Waals surface area contributed by atoms with Crippen LogP contribution in [0.1, 0.15) is 35.5 Å². The quantitative estimate of drug-likeness (QED) is 0.677. The molecular formula is C21H24N2O3. The first-order chi connectivity index (χ1) is 12.6. The first-order valence-corrected chi connectivity index (χ1v) is 8.73. The topological polar surface area (TPSA) is 63.5 Å². The predicted octanol–water partition coefficient (Wildman–Crippen LogP) is 3.87. The molecule has 0 bridgehead atoms. The average Bonchev–Trinajstić information content (AvgIpc) is 3.10. The number of carbonyl (C=O) groups is 1. The predicted molar refractivity (Wildman–Crippen MR) is 102 cm³/mol. The van der Waals surface area contributed by atoms with Crippen LogP contribution in [0.5, 0.6) is 5.75 Å². The number of benzene rings is 2. The van der Waals surface area contributed by atoms with Crippen molar-refractivity contribution in [2.75, 3.05) is 7.11 Å². The zero-order valence-corrected chi connectivity index (χ0v) is 15.3. The van der Waals surface area contributed by atoms with Crippen LogP contribution < -0.4 is 15.4 Å². The van der Waals surface area contributed by atoms with Gasteiger partial charge in [-0.05, 0) is 23.3 Å². The van der Waals surface area contributed by atoms with E-state index in [-0.39, 0.29) is 11.7 Å². The van der Waals surface area contributed by atoms with E-state index in [1.54, 1.807) is 13.2 Å². The van der Waals surface area contributed by atoms with E-state index < -0.39 is 0 Å². The van der Waals surface area contributed by atoms with E-state index in [9.17, 15) is 4.79 Å². The smallest absolute Gasteiger partial charge is 0.287 e. The van der Waals surface area contributed by atoms with Crippen molar-refractivity contribution in [1.82, 2.24) is 10.6 Å². The molecule has 136 valence electrons. The lowest BCUT2D eigenvalue weighted by Gasteiger charge is -2.09. The minimum Gasteiger partial charge on any atom is -0.493 e. The molecule has 0 aliphatic carbocycles. The molecule has 0 aliphatic heterocycles. The van der Waals surface area contributed by atoms with E-state index in [0.717, 1.165) is 16.5 Å². The van der Waals surface area contributed by atoms with Crippen molar-refractivity contribution < 1.29 is 13.9 Å². The number of furan rings is 1. The number of nitrogens with one attached hydrogen (secondary N) is 2. The molecule has 1 amide bonds. The third kappa shape index (κ3) is 4.06. The maximum Gasteiger partial charge on any atom is 0.287 e. The van der Waals surface area contributed by atoms with Gasteiger partial charge in [0.15, 0.2) is 17.1 Å². The fourth-order valence-electron chi connectivity index (χ4n) is 2.76. The Morgan fingerprint density at radius 1 is 1.12 bits per heavy atom. The molecule has 5 nitrogen and oxygen atoms in total. The van der Waals surface area contributed by atoms with Crippen molar-refractivity contribution >= 4 is 16.9 Å². The Bertz CT molecular complexity index is 885. The SMILES string of the molecule is COc1ccc(CNC(C)C)c2cc(C(=O)NCc3ccccc3)oc12. The molecule has 2 aromatic carbocycles. The first kappa shape index (κ1) is 18.0. The maximum atomic E-state index is 12.5. The van der Waals surface area contributed by atoms with Gasteiger partial charge in [0.25, 0.3) is 5.91 Å². The van der Waals surface area contributed by atoms with Crippen LogP contribution in [0.15, 0.2) is 52.9 Å². The Morgan fingerprint density at radius 3 is 2.58 bits per heavy atom. The van der Waals surface area contributed by atoms with Gasteiger partial charge in [0.1, 0.15) is 0 Å². The first-order valence-electron chi connectivity index (χ1n) is 8.73. The van der Waals surface area contributed by atoms with E-state index in [1.807, 2.05) is 42.5 Å². The second-order valence-electron chi connectivity index (χ2n) is 6.48. The van der Waals surface area contributed by atoms with Gasteiger partial charge >= 0.3 is 0 Å². The number of rotatable bonds is 7. The second kappa shape index (κ2) is 8.06. The van der Waals surface area contributed by atoms with E-state index >= 15 is 0 Å². The molecule has 0 atom stereocenters. The Kier molecular flexibility index (Phi) is 5.58. The molecule has 1 heterocycles. The van der Waals surface area contributed by atoms with Crippen LogP contribution in [0.3, 0.4) is 0 Å². The van der Waals surface area contributed by atoms with Crippen molar-refractivity contribution in [3.8, 4) is 5.75 Å². The van der Waals surface area contributed by atoms with Crippen LogP contribution >= 0.6 is 0 Å². The second-order valence-corrected chi connectivity index (χ2v) is 6.48. The van der Waals surface area contributed by atoms with Crippen LogP contribution in [0, 0.1) is 0 Å². The molecule has 3 aromatic rings. The molecule has 26 heavy (non-hydrogen) atoms. The molecule has 5 heteroatoms. The number of methoxy groups -OCH3 is 1. The third-order valence-electron chi connectivity index (χ3n) is 4.18. The Labute approximate surface area is 153 Å². The fraction of sp³-hybridized carbons (Fsp3) is 0.286. The number of hydrogen-bond acceptors (Lipinski definition) is 4. The van der Waals surface area contributed by atoms with Crippen molar-refractivity contribution in [2.45, 2.75) is 33.0 Å². The number of amides is 1. The highest BCUT2D eigenvalue weighted by atomic mass is 16.5. The van der Waals surface area contributed by atoms with E-state index in [4.69, 9.17) is 9.15 Å². The molecule has 0 spiro atoms. The highest BCUT2D eigenvalue weighted by molar-refractivity contribution is 5.98. The zero-order chi connectivity index (χ0) is 18.5. The lowest BCUT2D eigenvalue weighted by atomic mass is 10.1. The number of ether oxygens (including phenoxy) is 1. The van der Waals surface area contributed by atoms with Gasteiger partial charge in [-0.2, -0.15) is 0 Å². The number of fused-ring (bicyclic) bond motifs is 1. The minimum absolute atomic E-state index is 0.241. The van der Waals surface area contributed by atoms with Gasteiger partial charge in [0.05, 0.1) is 7.11 Å². The summed E-state index contributed by atoms with van der Waals surface area (Å²) in [5, 5.41) is 7.18. The molecule has 2 N–H and O–H groups in total. The Morgan fingerprint density at radius 2 is 1.88 bits per heavy atom. The van der Waals surface area contributed by atoms with Gasteiger partial charge in [-0.15, -0.1) is 0 Å². The summed E-state index contributed by atoms with van der Waals surface area (Å²) in [4.78, 5) is 12.5. The van der Waals surface area contributed by atoms with Crippen molar-refractivity contribution in [3.63, 3.8) is 0 Å². The molecule has 0 aliphatic rings. The summed E-state index contributed by atoms with van der Waals surface area (Å²) < 4.78 is 11.2. The van der Waals surface area contributed by atoms with Gasteiger partial charge < -0.3 is 19.8 Å². The van der Waals surface area contributed by atoms with Crippen LogP contribution in [0.4, 0.5) is 0 Å². The highest BCUT2D eigenvalue weighted by Gasteiger charge is 2.17. The summed E-state index contributed by atoms with van der Waals surface area (Å²) in [6, 6.07) is 15.8. The maximum absolute atomic E-state index is 12.5. The summed E-state index contributed by atoms with van der Waals surface area (Å²) in [7, 11) is 1.60. The van der Waals surface area contributed by atoms with Crippen LogP contribution in [-0.2, 0) is 13.1 Å². The minimum atomic E-state index is -0.241. The molecule has 0 unspecified atom stereocenters. The standard InChI is InChI=1S/C21H24N2O3/c1-14(2)22-13-16-9-10-18(25-3)20-17(16)11-19(26-20)21(24)23-12-15-7-5-4-6-8-15/h4-11,14,22H,12-13H2,1-3H3,(H,23,24). The summed E-state index contributed by atoms with van der Waals surface area (Å²) in [6.45, 7) is 5.34. The van der Waals surface area contributed by atoms with Gasteiger partial charge in [-0.25, -0.2) is 0 Å². The molecule has 1 aromatic heterocycles. The molecule has 0 saturated carbocycles. The van der Waals surface area contributed by atoms with Gasteiger partial charge in [-0.1, -0.05) is 50.2 Å². The summed E-state index contributed by atoms with van der Waals surface area (Å²) in [5.74, 6) is 0.663. The van der Waals surface area contributed by atoms with E-state index in [1.165, 1.54) is 0 Å². The summed E-state index contributed by atoms with van der Waals surface area (Å²) in [5.41, 5.74) is 2.71. The largest absolute Gasteiger partial charge is 0.493 e. The molecule has 0 fully saturated rings. The lowest BCUT2D eigenvalue weighted by Crippen LogP contribution is -2.22. The van der Waals surface area contributed by atoms with Gasteiger partial charge in [0, 0.05) is 24.5 Å². The van der Waals surface area contributed by atoms with Crippen molar-refractivity contribution in [1.29, 1.82) is 0 Å². The zero-order valence-electron chi connectivity index (χ0n) is 15.3. The van der Waals surface area contributed by atoms with Gasteiger partial charge in [-0.3, -0.25) is 4.79 Å². The third-order valence-corrected chi connectivity index (χ3v) is 4.18. The van der Waals surface area contributed by atoms with Crippen molar-refractivity contribution in [2.24, 2.45) is 0 Å². The lowest BCUT2D eigenvalue weighted by molar-refractivity contribution is 0.0925. The molecule has 0 saturated heterocycles. The summed E-state index contributed by atoms with van der Waals surface area (Å²) >= 11 is 0. The van der Waals surface area contributed by atoms with E-state index in [0.29, 0.717) is 30.5 Å². The number of carbonyl (C=O) groups excluding carboxylic acids is 1. The summed E-state index contributed by atoms with van der Waals surface area (Å²) in [6.07, 6.45) is 0. The van der Waals surface area contributed by atoms with Crippen molar-refractivity contribution in [3.05, 3.63) is 65.4 Å². The molecule has 0 radical (unpaired) electrons. The van der Waals surface area contributed by atoms with Crippen LogP contribution in [0.25, 0.3) is 11.0 Å². The Hall–Kier alpha value is -2.79. The Balaban J connectivity index is 1.84. The van der Waals surface area contributed by atoms with Crippen LogP contribution in [-0.4, -0.2) is 19.1 Å². The van der Waals surface area contributed by atoms with Gasteiger partial charge in [0.2, 0.25) is 0 Å². The fourth-order valence-corrected chi connectivity index (χ4v) is 2.76. The average molecular weight is 352 g/mol. The molecule has 3 rings (SSSR count). The normalized spacial score (nSPS) is 11.1. The number of hydrogen-bond donors (Lipinski definition) is 2. The van der Waals surface area contributed by atoms with Crippen LogP contribution in [0.2, 0.25) is 0 Å². The highest BCUT2D eigenvalue weighted by Crippen LogP contribution is 2.31. The van der Waals surface area contributed by atoms with E-state index in [2.05, 4.69) is 24.5 Å². The molecular weight excluding hydrogens is 328 g/mol.